The van der Waals surface area contributed by atoms with E-state index < -0.39 is 42.3 Å². The Hall–Kier alpha value is -3.05. The van der Waals surface area contributed by atoms with Gasteiger partial charge in [0, 0.05) is 53.6 Å². The standard InChI is InChI=1S/C22H23ClF2N4O2S.C4H6O6/c1-14-16(11-29(27-14)20-15(12-30)3-2-6-26-20)10-28-7-4-21(5-8-28)19-17(9-18(23)32-19)22(24,25)13-31-21;5-1(3(7)8)2(6)4(9)10/h2-3,6,9,11,30H,4-5,7-8,10,12-13H2,1H3;1-2,5-6H,(H,7,8)(H,9,10). The molecule has 228 valence electrons. The highest BCUT2D eigenvalue weighted by molar-refractivity contribution is 7.16. The predicted octanol–water partition coefficient (Wildman–Crippen LogP) is 2.27. The normalized spacial score (nSPS) is 18.9. The van der Waals surface area contributed by atoms with Crippen LogP contribution in [0.3, 0.4) is 0 Å². The molecule has 0 amide bonds. The second kappa shape index (κ2) is 12.7. The maximum absolute atomic E-state index is 14.3. The molecule has 0 aromatic carbocycles. The first-order valence-corrected chi connectivity index (χ1v) is 13.9. The van der Waals surface area contributed by atoms with E-state index in [0.29, 0.717) is 40.0 Å². The van der Waals surface area contributed by atoms with Gasteiger partial charge in [0.2, 0.25) is 0 Å². The first-order valence-electron chi connectivity index (χ1n) is 12.7. The number of pyridine rings is 1. The molecular formula is C26H29ClF2N4O8S. The summed E-state index contributed by atoms with van der Waals surface area (Å²) in [5, 5.41) is 46.7. The number of aliphatic hydroxyl groups excluding tert-OH is 3. The number of fused-ring (bicyclic) bond motifs is 2. The Kier molecular flexibility index (Phi) is 9.62. The number of thiophene rings is 1. The van der Waals surface area contributed by atoms with E-state index in [2.05, 4.69) is 15.0 Å². The molecule has 3 aromatic rings. The van der Waals surface area contributed by atoms with Crippen LogP contribution in [0.15, 0.2) is 30.6 Å². The van der Waals surface area contributed by atoms with Gasteiger partial charge in [-0.1, -0.05) is 17.7 Å². The van der Waals surface area contributed by atoms with E-state index in [0.717, 1.165) is 24.3 Å². The van der Waals surface area contributed by atoms with Gasteiger partial charge in [0.1, 0.15) is 12.2 Å². The fraction of sp³-hybridized carbons (Fsp3) is 0.462. The number of carboxylic acids is 2. The predicted molar refractivity (Wildman–Crippen MR) is 145 cm³/mol. The highest BCUT2D eigenvalue weighted by atomic mass is 35.5. The van der Waals surface area contributed by atoms with E-state index in [1.165, 1.54) is 17.4 Å². The molecule has 0 radical (unpaired) electrons. The molecular weight excluding hydrogens is 602 g/mol. The molecule has 2 unspecified atom stereocenters. The van der Waals surface area contributed by atoms with Gasteiger partial charge < -0.3 is 30.3 Å². The topological polar surface area (TPSA) is 178 Å². The summed E-state index contributed by atoms with van der Waals surface area (Å²) in [6, 6.07) is 5.00. The zero-order valence-electron chi connectivity index (χ0n) is 22.3. The van der Waals surface area contributed by atoms with Gasteiger partial charge in [0.05, 0.1) is 16.6 Å². The fourth-order valence-electron chi connectivity index (χ4n) is 4.82. The molecule has 5 heterocycles. The van der Waals surface area contributed by atoms with Crippen molar-refractivity contribution in [1.29, 1.82) is 0 Å². The number of piperidine rings is 1. The van der Waals surface area contributed by atoms with Crippen molar-refractivity contribution in [2.24, 2.45) is 0 Å². The average Bonchev–Trinajstić information content (AvgIpc) is 3.55. The van der Waals surface area contributed by atoms with Gasteiger partial charge in [-0.15, -0.1) is 11.3 Å². The van der Waals surface area contributed by atoms with E-state index in [1.54, 1.807) is 16.9 Å². The van der Waals surface area contributed by atoms with E-state index in [9.17, 15) is 23.5 Å². The van der Waals surface area contributed by atoms with Crippen molar-refractivity contribution in [1.82, 2.24) is 19.7 Å². The van der Waals surface area contributed by atoms with Gasteiger partial charge in [-0.25, -0.2) is 19.3 Å². The molecule has 16 heteroatoms. The van der Waals surface area contributed by atoms with Crippen LogP contribution in [0.2, 0.25) is 4.34 Å². The number of halogens is 3. The van der Waals surface area contributed by atoms with Crippen LogP contribution in [0.1, 0.15) is 40.1 Å². The number of aromatic nitrogens is 3. The van der Waals surface area contributed by atoms with E-state index >= 15 is 0 Å². The number of hydrogen-bond acceptors (Lipinski definition) is 10. The van der Waals surface area contributed by atoms with Gasteiger partial charge in [0.15, 0.2) is 18.0 Å². The second-order valence-electron chi connectivity index (χ2n) is 9.95. The maximum Gasteiger partial charge on any atom is 0.335 e. The third-order valence-electron chi connectivity index (χ3n) is 7.16. The smallest absolute Gasteiger partial charge is 0.335 e. The average molecular weight is 631 g/mol. The van der Waals surface area contributed by atoms with Crippen molar-refractivity contribution in [3.05, 3.63) is 62.2 Å². The molecule has 0 aliphatic carbocycles. The van der Waals surface area contributed by atoms with Gasteiger partial charge >= 0.3 is 11.9 Å². The fourth-order valence-corrected chi connectivity index (χ4v) is 6.30. The van der Waals surface area contributed by atoms with Crippen molar-refractivity contribution in [2.45, 2.75) is 56.6 Å². The van der Waals surface area contributed by atoms with Crippen LogP contribution in [0.5, 0.6) is 0 Å². The van der Waals surface area contributed by atoms with Crippen LogP contribution in [-0.2, 0) is 39.0 Å². The van der Waals surface area contributed by atoms with Crippen LogP contribution < -0.4 is 0 Å². The first-order chi connectivity index (χ1) is 19.8. The molecule has 2 aliphatic heterocycles. The summed E-state index contributed by atoms with van der Waals surface area (Å²) >= 11 is 7.31. The third kappa shape index (κ3) is 6.62. The van der Waals surface area contributed by atoms with Crippen molar-refractivity contribution >= 4 is 34.9 Å². The molecule has 5 N–H and O–H groups in total. The Morgan fingerprint density at radius 2 is 1.81 bits per heavy atom. The summed E-state index contributed by atoms with van der Waals surface area (Å²) < 4.78 is 36.5. The largest absolute Gasteiger partial charge is 0.479 e. The minimum Gasteiger partial charge on any atom is -0.479 e. The quantitative estimate of drug-likeness (QED) is 0.259. The Morgan fingerprint density at radius 1 is 1.17 bits per heavy atom. The zero-order valence-corrected chi connectivity index (χ0v) is 23.9. The molecule has 1 saturated heterocycles. The van der Waals surface area contributed by atoms with Gasteiger partial charge in [-0.05, 0) is 31.9 Å². The summed E-state index contributed by atoms with van der Waals surface area (Å²) in [6.45, 7) is 3.37. The lowest BCUT2D eigenvalue weighted by molar-refractivity contribution is -0.182. The number of likely N-dealkylation sites (tertiary alicyclic amines) is 1. The van der Waals surface area contributed by atoms with Crippen molar-refractivity contribution in [3.63, 3.8) is 0 Å². The Labute approximate surface area is 247 Å². The van der Waals surface area contributed by atoms with Crippen LogP contribution >= 0.6 is 22.9 Å². The van der Waals surface area contributed by atoms with Crippen molar-refractivity contribution in [2.75, 3.05) is 19.7 Å². The van der Waals surface area contributed by atoms with E-state index in [4.69, 9.17) is 36.8 Å². The van der Waals surface area contributed by atoms with Crippen molar-refractivity contribution in [3.8, 4) is 5.82 Å². The highest BCUT2D eigenvalue weighted by Crippen LogP contribution is 2.52. The number of aryl methyl sites for hydroxylation is 1. The molecule has 3 aromatic heterocycles. The molecule has 2 aliphatic rings. The van der Waals surface area contributed by atoms with E-state index in [1.807, 2.05) is 19.2 Å². The molecule has 1 fully saturated rings. The van der Waals surface area contributed by atoms with Crippen LogP contribution in [0.25, 0.3) is 5.82 Å². The molecule has 0 bridgehead atoms. The first kappa shape index (κ1) is 31.9. The van der Waals surface area contributed by atoms with Gasteiger partial charge in [-0.2, -0.15) is 13.9 Å². The molecule has 42 heavy (non-hydrogen) atoms. The molecule has 1 spiro atoms. The Bertz CT molecular complexity index is 1430. The summed E-state index contributed by atoms with van der Waals surface area (Å²) in [7, 11) is 0. The molecule has 5 rings (SSSR count). The zero-order chi connectivity index (χ0) is 30.8. The summed E-state index contributed by atoms with van der Waals surface area (Å²) in [5.41, 5.74) is 2.00. The SMILES string of the molecule is Cc1nn(-c2ncccc2CO)cc1CN1CCC2(CC1)OCC(F)(F)c1cc(Cl)sc12.O=C(O)C(O)C(O)C(=O)O. The van der Waals surface area contributed by atoms with Crippen LogP contribution in [0, 0.1) is 6.92 Å². The van der Waals surface area contributed by atoms with Crippen molar-refractivity contribution < 1.29 is 48.6 Å². The lowest BCUT2D eigenvalue weighted by atomic mass is 9.84. The van der Waals surface area contributed by atoms with Gasteiger partial charge in [0.25, 0.3) is 5.92 Å². The summed E-state index contributed by atoms with van der Waals surface area (Å²) in [5.74, 6) is -5.92. The second-order valence-corrected chi connectivity index (χ2v) is 11.6. The minimum atomic E-state index is -2.99. The molecule has 2 atom stereocenters. The van der Waals surface area contributed by atoms with Crippen LogP contribution in [0.4, 0.5) is 8.78 Å². The third-order valence-corrected chi connectivity index (χ3v) is 8.61. The number of alkyl halides is 2. The van der Waals surface area contributed by atoms with Gasteiger partial charge in [-0.3, -0.25) is 4.90 Å². The summed E-state index contributed by atoms with van der Waals surface area (Å²) in [6.07, 6.45) is 0.351. The minimum absolute atomic E-state index is 0.0272. The van der Waals surface area contributed by atoms with Crippen LogP contribution in [-0.4, -0.2) is 89.0 Å². The number of nitrogens with zero attached hydrogens (tertiary/aromatic N) is 4. The number of hydrogen-bond donors (Lipinski definition) is 5. The number of ether oxygens (including phenoxy) is 1. The molecule has 0 saturated carbocycles. The Balaban J connectivity index is 0.000000349. The number of carbonyl (C=O) groups is 2. The lowest BCUT2D eigenvalue weighted by Gasteiger charge is -2.45. The number of aliphatic hydroxyl groups is 3. The maximum atomic E-state index is 14.3. The monoisotopic (exact) mass is 630 g/mol. The molecule has 12 nitrogen and oxygen atoms in total. The van der Waals surface area contributed by atoms with E-state index in [-0.39, 0.29) is 12.2 Å². The Morgan fingerprint density at radius 3 is 2.40 bits per heavy atom. The number of aliphatic carboxylic acids is 2. The summed E-state index contributed by atoms with van der Waals surface area (Å²) in [4.78, 5) is 26.8. The number of rotatable bonds is 7. The highest BCUT2D eigenvalue weighted by Gasteiger charge is 2.51. The number of carboxylic acid groups (broad SMARTS) is 2. The lowest BCUT2D eigenvalue weighted by Crippen LogP contribution is -2.48.